The number of amides is 1. The molecular weight excluding hydrogens is 380 g/mol. The molecule has 4 rings (SSSR count). The minimum atomic E-state index is -0.211. The molecule has 1 saturated heterocycles. The van der Waals surface area contributed by atoms with E-state index in [0.29, 0.717) is 17.8 Å². The first kappa shape index (κ1) is 20.1. The first-order valence-electron chi connectivity index (χ1n) is 10.2. The number of aromatic nitrogens is 1. The summed E-state index contributed by atoms with van der Waals surface area (Å²) in [4.78, 5) is 19.0. The number of para-hydroxylation sites is 1. The van der Waals surface area contributed by atoms with Crippen molar-refractivity contribution in [3.8, 4) is 5.75 Å². The first-order chi connectivity index (χ1) is 14.6. The highest BCUT2D eigenvalue weighted by atomic mass is 16.3. The molecule has 0 radical (unpaired) electrons. The molecule has 7 heteroatoms. The van der Waals surface area contributed by atoms with Crippen molar-refractivity contribution in [3.63, 3.8) is 0 Å². The number of rotatable bonds is 6. The second-order valence-corrected chi connectivity index (χ2v) is 7.62. The molecule has 1 amide bonds. The van der Waals surface area contributed by atoms with E-state index in [1.165, 1.54) is 0 Å². The van der Waals surface area contributed by atoms with Crippen LogP contribution in [-0.2, 0) is 11.4 Å². The number of aromatic hydroxyl groups is 1. The molecule has 0 saturated carbocycles. The Bertz CT molecular complexity index is 1030. The van der Waals surface area contributed by atoms with Gasteiger partial charge in [-0.15, -0.1) is 0 Å². The molecule has 2 heterocycles. The average Bonchev–Trinajstić information content (AvgIpc) is 2.75. The zero-order valence-corrected chi connectivity index (χ0v) is 16.7. The Labute approximate surface area is 175 Å². The van der Waals surface area contributed by atoms with Crippen LogP contribution in [0.4, 0.5) is 11.4 Å². The molecule has 30 heavy (non-hydrogen) atoms. The summed E-state index contributed by atoms with van der Waals surface area (Å²) in [5, 5.41) is 26.7. The predicted molar refractivity (Wildman–Crippen MR) is 117 cm³/mol. The summed E-state index contributed by atoms with van der Waals surface area (Å²) < 4.78 is 0. The molecule has 0 unspecified atom stereocenters. The van der Waals surface area contributed by atoms with Crippen LogP contribution in [0.3, 0.4) is 0 Å². The number of carbonyl (C=O) groups is 1. The monoisotopic (exact) mass is 406 g/mol. The van der Waals surface area contributed by atoms with E-state index in [2.05, 4.69) is 20.5 Å². The second-order valence-electron chi connectivity index (χ2n) is 7.62. The lowest BCUT2D eigenvalue weighted by Gasteiger charge is -2.32. The Morgan fingerprint density at radius 3 is 2.73 bits per heavy atom. The topological polar surface area (TPSA) is 97.7 Å². The molecule has 1 aliphatic rings. The van der Waals surface area contributed by atoms with Gasteiger partial charge in [-0.25, -0.2) is 0 Å². The van der Waals surface area contributed by atoms with Crippen LogP contribution in [0.2, 0.25) is 0 Å². The first-order valence-corrected chi connectivity index (χ1v) is 10.2. The van der Waals surface area contributed by atoms with Crippen LogP contribution in [0.1, 0.15) is 18.4 Å². The van der Waals surface area contributed by atoms with Crippen LogP contribution < -0.4 is 10.6 Å². The van der Waals surface area contributed by atoms with Crippen molar-refractivity contribution >= 4 is 28.2 Å². The van der Waals surface area contributed by atoms with Crippen LogP contribution in [-0.4, -0.2) is 51.7 Å². The lowest BCUT2D eigenvalue weighted by Crippen LogP contribution is -2.42. The number of nitrogens with zero attached hydrogens (tertiary/aromatic N) is 2. The number of benzene rings is 2. The number of hydrogen-bond acceptors (Lipinski definition) is 6. The Morgan fingerprint density at radius 2 is 1.93 bits per heavy atom. The summed E-state index contributed by atoms with van der Waals surface area (Å²) in [5.74, 6) is 0.0498. The average molecular weight is 406 g/mol. The third kappa shape index (κ3) is 4.69. The van der Waals surface area contributed by atoms with Gasteiger partial charge < -0.3 is 20.8 Å². The molecule has 7 nitrogen and oxygen atoms in total. The molecule has 3 aromatic rings. The number of carbonyl (C=O) groups excluding carboxylic acids is 1. The zero-order valence-electron chi connectivity index (χ0n) is 16.7. The van der Waals surface area contributed by atoms with Crippen LogP contribution in [0.15, 0.2) is 54.7 Å². The molecule has 1 fully saturated rings. The molecular formula is C23H26N4O3. The van der Waals surface area contributed by atoms with Crippen molar-refractivity contribution in [2.75, 3.05) is 30.3 Å². The minimum Gasteiger partial charge on any atom is -0.508 e. The smallest absolute Gasteiger partial charge is 0.238 e. The molecule has 0 aliphatic carbocycles. The number of fused-ring (bicyclic) bond motifs is 1. The molecule has 0 spiro atoms. The SMILES string of the molecule is O=C(CN1CCC(Nc2cccc(O)c2CO)CC1)Nc1cnc2ccccc2c1. The normalized spacial score (nSPS) is 15.2. The van der Waals surface area contributed by atoms with Gasteiger partial charge in [0.1, 0.15) is 5.75 Å². The van der Waals surface area contributed by atoms with E-state index in [0.717, 1.165) is 42.5 Å². The minimum absolute atomic E-state index is 0.0472. The lowest BCUT2D eigenvalue weighted by atomic mass is 10.0. The highest BCUT2D eigenvalue weighted by Crippen LogP contribution is 2.27. The summed E-state index contributed by atoms with van der Waals surface area (Å²) >= 11 is 0. The molecule has 0 bridgehead atoms. The van der Waals surface area contributed by atoms with E-state index in [-0.39, 0.29) is 24.3 Å². The number of aliphatic hydroxyl groups is 1. The van der Waals surface area contributed by atoms with Gasteiger partial charge in [-0.3, -0.25) is 14.7 Å². The van der Waals surface area contributed by atoms with Crippen LogP contribution in [0.25, 0.3) is 10.9 Å². The van der Waals surface area contributed by atoms with Gasteiger partial charge in [-0.2, -0.15) is 0 Å². The van der Waals surface area contributed by atoms with Gasteiger partial charge in [0.05, 0.1) is 30.6 Å². The van der Waals surface area contributed by atoms with Crippen LogP contribution in [0.5, 0.6) is 5.75 Å². The van der Waals surface area contributed by atoms with Crippen molar-refractivity contribution in [1.29, 1.82) is 0 Å². The summed E-state index contributed by atoms with van der Waals surface area (Å²) in [7, 11) is 0. The molecule has 4 N–H and O–H groups in total. The molecule has 0 atom stereocenters. The summed E-state index contributed by atoms with van der Waals surface area (Å²) in [6.07, 6.45) is 3.45. The van der Waals surface area contributed by atoms with Crippen molar-refractivity contribution < 1.29 is 15.0 Å². The fraction of sp³-hybridized carbons (Fsp3) is 0.304. The van der Waals surface area contributed by atoms with E-state index in [9.17, 15) is 15.0 Å². The summed E-state index contributed by atoms with van der Waals surface area (Å²) in [6.45, 7) is 1.73. The maximum absolute atomic E-state index is 12.5. The van der Waals surface area contributed by atoms with E-state index in [1.54, 1.807) is 18.3 Å². The summed E-state index contributed by atoms with van der Waals surface area (Å²) in [5.41, 5.74) is 2.89. The molecule has 2 aromatic carbocycles. The third-order valence-corrected chi connectivity index (χ3v) is 5.50. The highest BCUT2D eigenvalue weighted by Gasteiger charge is 2.22. The number of phenols is 1. The highest BCUT2D eigenvalue weighted by molar-refractivity contribution is 5.94. The Balaban J connectivity index is 1.28. The largest absolute Gasteiger partial charge is 0.508 e. The van der Waals surface area contributed by atoms with Crippen molar-refractivity contribution in [1.82, 2.24) is 9.88 Å². The number of pyridine rings is 1. The van der Waals surface area contributed by atoms with Crippen molar-refractivity contribution in [3.05, 3.63) is 60.3 Å². The van der Waals surface area contributed by atoms with E-state index >= 15 is 0 Å². The van der Waals surface area contributed by atoms with Gasteiger partial charge >= 0.3 is 0 Å². The Kier molecular flexibility index (Phi) is 6.11. The number of anilines is 2. The number of piperidine rings is 1. The molecule has 1 aromatic heterocycles. The van der Waals surface area contributed by atoms with Gasteiger partial charge in [-0.05, 0) is 37.1 Å². The van der Waals surface area contributed by atoms with Crippen molar-refractivity contribution in [2.45, 2.75) is 25.5 Å². The second kappa shape index (κ2) is 9.11. The number of nitrogens with one attached hydrogen (secondary N) is 2. The van der Waals surface area contributed by atoms with Gasteiger partial charge in [0.15, 0.2) is 0 Å². The molecule has 156 valence electrons. The lowest BCUT2D eigenvalue weighted by molar-refractivity contribution is -0.117. The van der Waals surface area contributed by atoms with Crippen molar-refractivity contribution in [2.24, 2.45) is 0 Å². The number of aliphatic hydroxyl groups excluding tert-OH is 1. The Morgan fingerprint density at radius 1 is 1.13 bits per heavy atom. The van der Waals surface area contributed by atoms with E-state index < -0.39 is 0 Å². The predicted octanol–water partition coefficient (Wildman–Crippen LogP) is 2.95. The maximum Gasteiger partial charge on any atom is 0.238 e. The Hall–Kier alpha value is -3.16. The standard InChI is InChI=1S/C23H26N4O3/c28-15-19-21(6-3-7-22(19)29)25-17-8-10-27(11-9-17)14-23(30)26-18-12-16-4-1-2-5-20(16)24-13-18/h1-7,12-13,17,25,28-29H,8-11,14-15H2,(H,26,30). The van der Waals surface area contributed by atoms with Crippen LogP contribution >= 0.6 is 0 Å². The zero-order chi connectivity index (χ0) is 20.9. The third-order valence-electron chi connectivity index (χ3n) is 5.50. The molecule has 1 aliphatic heterocycles. The maximum atomic E-state index is 12.5. The van der Waals surface area contributed by atoms with E-state index in [4.69, 9.17) is 0 Å². The number of hydrogen-bond donors (Lipinski definition) is 4. The van der Waals surface area contributed by atoms with Gasteiger partial charge in [0.2, 0.25) is 5.91 Å². The van der Waals surface area contributed by atoms with Gasteiger partial charge in [-0.1, -0.05) is 24.3 Å². The fourth-order valence-electron chi connectivity index (χ4n) is 3.87. The van der Waals surface area contributed by atoms with Gasteiger partial charge in [0, 0.05) is 35.8 Å². The van der Waals surface area contributed by atoms with Crippen LogP contribution in [0, 0.1) is 0 Å². The number of likely N-dealkylation sites (tertiary alicyclic amines) is 1. The summed E-state index contributed by atoms with van der Waals surface area (Å²) in [6, 6.07) is 15.2. The van der Waals surface area contributed by atoms with Gasteiger partial charge in [0.25, 0.3) is 0 Å². The fourth-order valence-corrected chi connectivity index (χ4v) is 3.87. The quantitative estimate of drug-likeness (QED) is 0.503. The van der Waals surface area contributed by atoms with E-state index in [1.807, 2.05) is 36.4 Å².